The summed E-state index contributed by atoms with van der Waals surface area (Å²) in [5.74, 6) is 0. The van der Waals surface area contributed by atoms with Crippen molar-refractivity contribution in [3.63, 3.8) is 0 Å². The van der Waals surface area contributed by atoms with Crippen molar-refractivity contribution in [1.29, 1.82) is 0 Å². The van der Waals surface area contributed by atoms with Gasteiger partial charge in [-0.25, -0.2) is 0 Å². The van der Waals surface area contributed by atoms with Crippen LogP contribution in [-0.2, 0) is 26.1 Å². The molecule has 4 heteroatoms. The van der Waals surface area contributed by atoms with Gasteiger partial charge in [0.1, 0.15) is 0 Å². The first-order chi connectivity index (χ1) is 7.31. The molecule has 15 heavy (non-hydrogen) atoms. The van der Waals surface area contributed by atoms with Crippen LogP contribution in [0.3, 0.4) is 0 Å². The van der Waals surface area contributed by atoms with Gasteiger partial charge in [-0.3, -0.25) is 0 Å². The molecule has 0 N–H and O–H groups in total. The Morgan fingerprint density at radius 3 is 1.40 bits per heavy atom. The minimum atomic E-state index is -1.67. The normalized spacial score (nSPS) is 12.5. The fourth-order valence-corrected chi connectivity index (χ4v) is 2.00. The summed E-state index contributed by atoms with van der Waals surface area (Å²) in [4.78, 5) is 0. The summed E-state index contributed by atoms with van der Waals surface area (Å²) in [6.07, 6.45) is 2.60. The van der Waals surface area contributed by atoms with Gasteiger partial charge in [0.2, 0.25) is 0 Å². The number of aryl methyl sites for hydroxylation is 2. The fourth-order valence-electron chi connectivity index (χ4n) is 1.43. The number of fused-ring (bicyclic) bond motifs is 1. The third-order valence-corrected chi connectivity index (χ3v) is 3.51. The molecule has 0 heterocycles. The van der Waals surface area contributed by atoms with Crippen LogP contribution in [0, 0.1) is 0 Å². The molecule has 1 aromatic carbocycles. The maximum absolute atomic E-state index is 4.74. The molecule has 0 aromatic heterocycles. The van der Waals surface area contributed by atoms with E-state index in [-0.39, 0.29) is 0 Å². The second-order valence-corrected chi connectivity index (χ2v) is 5.26. The lowest BCUT2D eigenvalue weighted by atomic mass is 9.89. The number of rotatable bonds is 3. The first-order valence-corrected chi connectivity index (χ1v) is 6.38. The van der Waals surface area contributed by atoms with Crippen molar-refractivity contribution in [2.75, 3.05) is 21.3 Å². The van der Waals surface area contributed by atoms with Crippen LogP contribution in [0.1, 0.15) is 11.1 Å². The van der Waals surface area contributed by atoms with E-state index in [4.69, 9.17) is 13.3 Å². The zero-order valence-electron chi connectivity index (χ0n) is 9.53. The van der Waals surface area contributed by atoms with Crippen LogP contribution in [0.4, 0.5) is 0 Å². The van der Waals surface area contributed by atoms with Crippen molar-refractivity contribution in [2.24, 2.45) is 0 Å². The maximum atomic E-state index is 4.74. The highest BCUT2D eigenvalue weighted by Gasteiger charge is 2.09. The molecule has 3 nitrogen and oxygen atoms in total. The predicted octanol–water partition coefficient (Wildman–Crippen LogP) is 1.43. The first kappa shape index (κ1) is 12.4. The average Bonchev–Trinajstić information content (AvgIpc) is 2.24. The summed E-state index contributed by atoms with van der Waals surface area (Å²) < 4.78 is 14.2. The first-order valence-electron chi connectivity index (χ1n) is 4.97. The molecule has 1 aliphatic rings. The maximum Gasteiger partial charge on any atom is 0.483 e. The Labute approximate surface area is 92.9 Å². The van der Waals surface area contributed by atoms with Gasteiger partial charge in [-0.15, -0.1) is 0 Å². The molecular formula is C11H18O3Si. The molecule has 0 amide bonds. The van der Waals surface area contributed by atoms with Gasteiger partial charge in [0.15, 0.2) is 0 Å². The van der Waals surface area contributed by atoms with Crippen LogP contribution in [0.15, 0.2) is 24.3 Å². The lowest BCUT2D eigenvalue weighted by Gasteiger charge is -2.16. The van der Waals surface area contributed by atoms with Crippen LogP contribution < -0.4 is 0 Å². The Bertz CT molecular complexity index is 258. The number of hydrogen-bond donors (Lipinski definition) is 0. The molecular weight excluding hydrogens is 208 g/mol. The van der Waals surface area contributed by atoms with E-state index < -0.39 is 9.53 Å². The van der Waals surface area contributed by atoms with Crippen LogP contribution in [-0.4, -0.2) is 30.9 Å². The standard InChI is InChI=1S/C8H8.C3H10O3Si/c1-2-4-8-6-5-7(8)3-1;1-4-7(5-2)6-3/h1-4H,5-6H2;7H,1-3H3. The van der Waals surface area contributed by atoms with E-state index in [1.54, 1.807) is 32.5 Å². The lowest BCUT2D eigenvalue weighted by Crippen LogP contribution is -2.21. The monoisotopic (exact) mass is 226 g/mol. The fraction of sp³-hybridized carbons (Fsp3) is 0.455. The van der Waals surface area contributed by atoms with Crippen LogP contribution in [0.2, 0.25) is 0 Å². The van der Waals surface area contributed by atoms with Crippen LogP contribution >= 0.6 is 0 Å². The second kappa shape index (κ2) is 6.74. The topological polar surface area (TPSA) is 27.7 Å². The zero-order valence-corrected chi connectivity index (χ0v) is 10.7. The molecule has 0 radical (unpaired) electrons. The summed E-state index contributed by atoms with van der Waals surface area (Å²) in [5, 5.41) is 0. The highest BCUT2D eigenvalue weighted by molar-refractivity contribution is 6.36. The third kappa shape index (κ3) is 3.75. The van der Waals surface area contributed by atoms with E-state index in [1.807, 2.05) is 0 Å². The van der Waals surface area contributed by atoms with Gasteiger partial charge in [0.25, 0.3) is 0 Å². The summed E-state index contributed by atoms with van der Waals surface area (Å²) in [6, 6.07) is 8.63. The van der Waals surface area contributed by atoms with E-state index in [0.717, 1.165) is 0 Å². The smallest absolute Gasteiger partial charge is 0.379 e. The predicted molar refractivity (Wildman–Crippen MR) is 62.0 cm³/mol. The molecule has 0 aliphatic heterocycles. The Kier molecular flexibility index (Phi) is 5.56. The number of hydrogen-bond acceptors (Lipinski definition) is 3. The van der Waals surface area contributed by atoms with E-state index in [2.05, 4.69) is 24.3 Å². The van der Waals surface area contributed by atoms with Gasteiger partial charge in [-0.05, 0) is 24.0 Å². The van der Waals surface area contributed by atoms with Crippen molar-refractivity contribution in [1.82, 2.24) is 0 Å². The van der Waals surface area contributed by atoms with Gasteiger partial charge >= 0.3 is 9.53 Å². The molecule has 0 saturated carbocycles. The Balaban J connectivity index is 0.000000153. The summed E-state index contributed by atoms with van der Waals surface area (Å²) in [7, 11) is 3.05. The van der Waals surface area contributed by atoms with E-state index >= 15 is 0 Å². The highest BCUT2D eigenvalue weighted by Crippen LogP contribution is 2.20. The molecule has 2 rings (SSSR count). The quantitative estimate of drug-likeness (QED) is 0.730. The zero-order chi connectivity index (χ0) is 11.1. The molecule has 0 saturated heterocycles. The summed E-state index contributed by atoms with van der Waals surface area (Å²) in [5.41, 5.74) is 3.10. The molecule has 1 aromatic rings. The van der Waals surface area contributed by atoms with Crippen LogP contribution in [0.5, 0.6) is 0 Å². The van der Waals surface area contributed by atoms with E-state index in [9.17, 15) is 0 Å². The molecule has 0 unspecified atom stereocenters. The largest absolute Gasteiger partial charge is 0.483 e. The van der Waals surface area contributed by atoms with E-state index in [1.165, 1.54) is 12.8 Å². The SMILES string of the molecule is CO[SiH](OC)OC.c1ccc2c(c1)CC2. The summed E-state index contributed by atoms with van der Waals surface area (Å²) >= 11 is 0. The molecule has 1 aliphatic carbocycles. The van der Waals surface area contributed by atoms with E-state index in [0.29, 0.717) is 0 Å². The minimum Gasteiger partial charge on any atom is -0.379 e. The average molecular weight is 226 g/mol. The number of benzene rings is 1. The second-order valence-electron chi connectivity index (χ2n) is 3.26. The molecule has 84 valence electrons. The summed E-state index contributed by atoms with van der Waals surface area (Å²) in [6.45, 7) is 0. The Morgan fingerprint density at radius 1 is 0.867 bits per heavy atom. The van der Waals surface area contributed by atoms with Gasteiger partial charge in [-0.2, -0.15) is 0 Å². The van der Waals surface area contributed by atoms with Crippen molar-refractivity contribution in [3.05, 3.63) is 35.4 Å². The lowest BCUT2D eigenvalue weighted by molar-refractivity contribution is 0.163. The van der Waals surface area contributed by atoms with Gasteiger partial charge in [0.05, 0.1) is 0 Å². The van der Waals surface area contributed by atoms with Crippen molar-refractivity contribution in [3.8, 4) is 0 Å². The Morgan fingerprint density at radius 2 is 1.27 bits per heavy atom. The Hall–Kier alpha value is -0.683. The van der Waals surface area contributed by atoms with Gasteiger partial charge < -0.3 is 13.3 Å². The van der Waals surface area contributed by atoms with Crippen molar-refractivity contribution in [2.45, 2.75) is 12.8 Å². The molecule has 0 spiro atoms. The van der Waals surface area contributed by atoms with Gasteiger partial charge in [0, 0.05) is 21.3 Å². The molecule has 0 atom stereocenters. The highest BCUT2D eigenvalue weighted by atomic mass is 28.3. The molecule has 0 bridgehead atoms. The van der Waals surface area contributed by atoms with Crippen molar-refractivity contribution >= 4 is 9.53 Å². The van der Waals surface area contributed by atoms with Crippen LogP contribution in [0.25, 0.3) is 0 Å². The van der Waals surface area contributed by atoms with Gasteiger partial charge in [-0.1, -0.05) is 24.3 Å². The molecule has 0 fully saturated rings. The van der Waals surface area contributed by atoms with Crippen molar-refractivity contribution < 1.29 is 13.3 Å². The third-order valence-electron chi connectivity index (χ3n) is 2.36. The minimum absolute atomic E-state index is 1.30.